The van der Waals surface area contributed by atoms with E-state index in [1.807, 2.05) is 47.4 Å². The number of piperazine rings is 1. The van der Waals surface area contributed by atoms with Crippen LogP contribution in [0.15, 0.2) is 48.5 Å². The summed E-state index contributed by atoms with van der Waals surface area (Å²) >= 11 is 0. The van der Waals surface area contributed by atoms with Crippen LogP contribution in [0.4, 0.5) is 0 Å². The average molecular weight is 394 g/mol. The van der Waals surface area contributed by atoms with Gasteiger partial charge in [0.15, 0.2) is 11.5 Å². The van der Waals surface area contributed by atoms with Crippen molar-refractivity contribution in [2.75, 3.05) is 32.8 Å². The minimum absolute atomic E-state index is 0.0126. The second kappa shape index (κ2) is 8.15. The number of ether oxygens (including phenoxy) is 2. The van der Waals surface area contributed by atoms with Crippen LogP contribution in [0.25, 0.3) is 0 Å². The SMILES string of the molecule is CC(C)c1ccc(C(=O)N2CCN(C(=O)[C@@H]3COc4ccccc4O3)CC2)cc1. The molecule has 0 aliphatic carbocycles. The van der Waals surface area contributed by atoms with Crippen molar-refractivity contribution in [2.24, 2.45) is 0 Å². The third kappa shape index (κ3) is 4.06. The maximum Gasteiger partial charge on any atom is 0.267 e. The number of amides is 2. The van der Waals surface area contributed by atoms with Gasteiger partial charge in [-0.15, -0.1) is 0 Å². The Morgan fingerprint density at radius 3 is 2.17 bits per heavy atom. The third-order valence-corrected chi connectivity index (χ3v) is 5.49. The Bertz CT molecular complexity index is 886. The van der Waals surface area contributed by atoms with Gasteiger partial charge < -0.3 is 19.3 Å². The molecule has 2 aromatic carbocycles. The summed E-state index contributed by atoms with van der Waals surface area (Å²) < 4.78 is 11.5. The minimum Gasteiger partial charge on any atom is -0.485 e. The molecule has 2 aliphatic heterocycles. The number of hydrogen-bond donors (Lipinski definition) is 0. The van der Waals surface area contributed by atoms with Crippen molar-refractivity contribution in [2.45, 2.75) is 25.9 Å². The predicted molar refractivity (Wildman–Crippen MR) is 109 cm³/mol. The molecule has 0 aromatic heterocycles. The number of hydrogen-bond acceptors (Lipinski definition) is 4. The number of para-hydroxylation sites is 2. The number of carbonyl (C=O) groups excluding carboxylic acids is 2. The Morgan fingerprint density at radius 1 is 0.897 bits per heavy atom. The van der Waals surface area contributed by atoms with Gasteiger partial charge in [-0.2, -0.15) is 0 Å². The largest absolute Gasteiger partial charge is 0.485 e. The van der Waals surface area contributed by atoms with E-state index in [9.17, 15) is 9.59 Å². The Balaban J connectivity index is 1.33. The first kappa shape index (κ1) is 19.3. The van der Waals surface area contributed by atoms with Gasteiger partial charge in [0.05, 0.1) is 0 Å². The molecule has 6 nitrogen and oxygen atoms in total. The molecule has 0 unspecified atom stereocenters. The molecule has 1 fully saturated rings. The van der Waals surface area contributed by atoms with E-state index in [1.54, 1.807) is 11.0 Å². The maximum absolute atomic E-state index is 12.8. The topological polar surface area (TPSA) is 59.1 Å². The molecule has 0 saturated carbocycles. The maximum atomic E-state index is 12.8. The van der Waals surface area contributed by atoms with Crippen molar-refractivity contribution < 1.29 is 19.1 Å². The first-order valence-corrected chi connectivity index (χ1v) is 10.1. The van der Waals surface area contributed by atoms with Gasteiger partial charge in [0, 0.05) is 31.7 Å². The fourth-order valence-corrected chi connectivity index (χ4v) is 3.67. The summed E-state index contributed by atoms with van der Waals surface area (Å²) in [4.78, 5) is 29.2. The van der Waals surface area contributed by atoms with Gasteiger partial charge in [0.2, 0.25) is 6.10 Å². The highest BCUT2D eigenvalue weighted by atomic mass is 16.6. The molecular weight excluding hydrogens is 368 g/mol. The molecule has 29 heavy (non-hydrogen) atoms. The molecule has 0 spiro atoms. The summed E-state index contributed by atoms with van der Waals surface area (Å²) in [6, 6.07) is 15.2. The van der Waals surface area contributed by atoms with Crippen LogP contribution >= 0.6 is 0 Å². The van der Waals surface area contributed by atoms with Crippen LogP contribution in [-0.4, -0.2) is 60.5 Å². The highest BCUT2D eigenvalue weighted by Crippen LogP contribution is 2.31. The summed E-state index contributed by atoms with van der Waals surface area (Å²) in [7, 11) is 0. The second-order valence-corrected chi connectivity index (χ2v) is 7.76. The van der Waals surface area contributed by atoms with E-state index in [0.717, 1.165) is 0 Å². The standard InChI is InChI=1S/C23H26N2O4/c1-16(2)17-7-9-18(10-8-17)22(26)24-11-13-25(14-12-24)23(27)21-15-28-19-5-3-4-6-20(19)29-21/h3-10,16,21H,11-15H2,1-2H3/t21-/m0/s1. The van der Waals surface area contributed by atoms with E-state index in [4.69, 9.17) is 9.47 Å². The van der Waals surface area contributed by atoms with Gasteiger partial charge in [-0.25, -0.2) is 0 Å². The highest BCUT2D eigenvalue weighted by Gasteiger charge is 2.33. The van der Waals surface area contributed by atoms with Gasteiger partial charge >= 0.3 is 0 Å². The lowest BCUT2D eigenvalue weighted by Crippen LogP contribution is -2.55. The number of fused-ring (bicyclic) bond motifs is 1. The number of benzene rings is 2. The summed E-state index contributed by atoms with van der Waals surface area (Å²) in [6.45, 7) is 6.49. The molecule has 2 amide bonds. The molecule has 6 heteroatoms. The van der Waals surface area contributed by atoms with E-state index in [1.165, 1.54) is 5.56 Å². The first-order valence-electron chi connectivity index (χ1n) is 10.1. The zero-order valence-corrected chi connectivity index (χ0v) is 16.8. The molecule has 152 valence electrons. The van der Waals surface area contributed by atoms with Crippen molar-refractivity contribution in [1.82, 2.24) is 9.80 Å². The Labute approximate surface area is 171 Å². The zero-order chi connectivity index (χ0) is 20.4. The molecular formula is C23H26N2O4. The summed E-state index contributed by atoms with van der Waals surface area (Å²) in [6.07, 6.45) is -0.643. The molecule has 1 saturated heterocycles. The van der Waals surface area contributed by atoms with Crippen LogP contribution in [0.2, 0.25) is 0 Å². The van der Waals surface area contributed by atoms with E-state index >= 15 is 0 Å². The Kier molecular flexibility index (Phi) is 5.43. The lowest BCUT2D eigenvalue weighted by Gasteiger charge is -2.37. The van der Waals surface area contributed by atoms with E-state index in [2.05, 4.69) is 13.8 Å². The van der Waals surface area contributed by atoms with Crippen LogP contribution in [0.1, 0.15) is 35.7 Å². The predicted octanol–water partition coefficient (Wildman–Crippen LogP) is 2.93. The molecule has 2 aromatic rings. The fourth-order valence-electron chi connectivity index (χ4n) is 3.67. The lowest BCUT2D eigenvalue weighted by molar-refractivity contribution is -0.142. The summed E-state index contributed by atoms with van der Waals surface area (Å²) in [5, 5.41) is 0. The zero-order valence-electron chi connectivity index (χ0n) is 16.8. The summed E-state index contributed by atoms with van der Waals surface area (Å²) in [5.74, 6) is 1.62. The van der Waals surface area contributed by atoms with Gasteiger partial charge in [-0.05, 0) is 35.7 Å². The van der Waals surface area contributed by atoms with E-state index < -0.39 is 6.10 Å². The molecule has 4 rings (SSSR count). The van der Waals surface area contributed by atoms with Crippen molar-refractivity contribution in [1.29, 1.82) is 0 Å². The van der Waals surface area contributed by atoms with Crippen LogP contribution in [-0.2, 0) is 4.79 Å². The quantitative estimate of drug-likeness (QED) is 0.803. The molecule has 0 N–H and O–H groups in total. The normalized spacial score (nSPS) is 18.7. The van der Waals surface area contributed by atoms with Crippen LogP contribution < -0.4 is 9.47 Å². The van der Waals surface area contributed by atoms with E-state index in [0.29, 0.717) is 49.2 Å². The van der Waals surface area contributed by atoms with Crippen molar-refractivity contribution in [3.63, 3.8) is 0 Å². The van der Waals surface area contributed by atoms with Crippen molar-refractivity contribution in [3.05, 3.63) is 59.7 Å². The second-order valence-electron chi connectivity index (χ2n) is 7.76. The smallest absolute Gasteiger partial charge is 0.267 e. The molecule has 2 heterocycles. The van der Waals surface area contributed by atoms with Crippen LogP contribution in [0.3, 0.4) is 0 Å². The lowest BCUT2D eigenvalue weighted by atomic mass is 10.0. The molecule has 0 bridgehead atoms. The number of nitrogens with zero attached hydrogens (tertiary/aromatic N) is 2. The number of rotatable bonds is 3. The first-order chi connectivity index (χ1) is 14.0. The van der Waals surface area contributed by atoms with Gasteiger partial charge in [-0.3, -0.25) is 9.59 Å². The number of carbonyl (C=O) groups is 2. The summed E-state index contributed by atoms with van der Waals surface area (Å²) in [5.41, 5.74) is 1.91. The average Bonchev–Trinajstić information content (AvgIpc) is 2.78. The van der Waals surface area contributed by atoms with Crippen molar-refractivity contribution in [3.8, 4) is 11.5 Å². The monoisotopic (exact) mass is 394 g/mol. The minimum atomic E-state index is -0.643. The van der Waals surface area contributed by atoms with Crippen LogP contribution in [0.5, 0.6) is 11.5 Å². The van der Waals surface area contributed by atoms with Gasteiger partial charge in [-0.1, -0.05) is 38.1 Å². The highest BCUT2D eigenvalue weighted by molar-refractivity contribution is 5.94. The molecule has 2 aliphatic rings. The molecule has 1 atom stereocenters. The fraction of sp³-hybridized carbons (Fsp3) is 0.391. The Morgan fingerprint density at radius 2 is 1.52 bits per heavy atom. The van der Waals surface area contributed by atoms with Crippen molar-refractivity contribution >= 4 is 11.8 Å². The Hall–Kier alpha value is -3.02. The molecule has 0 radical (unpaired) electrons. The van der Waals surface area contributed by atoms with Gasteiger partial charge in [0.1, 0.15) is 6.61 Å². The third-order valence-electron chi connectivity index (χ3n) is 5.49. The van der Waals surface area contributed by atoms with Gasteiger partial charge in [0.25, 0.3) is 11.8 Å². The van der Waals surface area contributed by atoms with E-state index in [-0.39, 0.29) is 18.4 Å². The van der Waals surface area contributed by atoms with Crippen LogP contribution in [0, 0.1) is 0 Å².